The minimum atomic E-state index is -3.64. The molecule has 0 bridgehead atoms. The van der Waals surface area contributed by atoms with Crippen LogP contribution in [0.15, 0.2) is 0 Å². The van der Waals surface area contributed by atoms with Crippen molar-refractivity contribution in [2.24, 2.45) is 11.8 Å². The van der Waals surface area contributed by atoms with E-state index in [9.17, 15) is 4.57 Å². The molecule has 2 saturated heterocycles. The zero-order valence-corrected chi connectivity index (χ0v) is 18.4. The van der Waals surface area contributed by atoms with Crippen LogP contribution in [0.25, 0.3) is 0 Å². The zero-order valence-electron chi connectivity index (χ0n) is 17.5. The van der Waals surface area contributed by atoms with Gasteiger partial charge in [0.2, 0.25) is 0 Å². The third kappa shape index (κ3) is 5.34. The summed E-state index contributed by atoms with van der Waals surface area (Å²) in [4.78, 5) is 0. The van der Waals surface area contributed by atoms with Crippen molar-refractivity contribution >= 4 is 7.82 Å². The Morgan fingerprint density at radius 3 is 2.19 bits per heavy atom. The van der Waals surface area contributed by atoms with E-state index in [4.69, 9.17) is 23.0 Å². The smallest absolute Gasteiger partial charge is 0.347 e. The fraction of sp³-hybridized carbons (Fsp3) is 1.00. The van der Waals surface area contributed by atoms with Gasteiger partial charge in [-0.3, -0.25) is 13.6 Å². The summed E-state index contributed by atoms with van der Waals surface area (Å²) in [6, 6.07) is 0. The molecule has 5 unspecified atom stereocenters. The minimum absolute atomic E-state index is 0.111. The highest BCUT2D eigenvalue weighted by Crippen LogP contribution is 2.58. The first kappa shape index (κ1) is 21.7. The van der Waals surface area contributed by atoms with Gasteiger partial charge in [-0.1, -0.05) is 40.0 Å². The van der Waals surface area contributed by atoms with Crippen molar-refractivity contribution in [2.75, 3.05) is 0 Å². The summed E-state index contributed by atoms with van der Waals surface area (Å²) in [6.07, 6.45) is 6.35. The Hall–Kier alpha value is 0.0300. The maximum absolute atomic E-state index is 13.2. The molecule has 6 nitrogen and oxygen atoms in total. The Morgan fingerprint density at radius 1 is 0.963 bits per heavy atom. The van der Waals surface area contributed by atoms with Gasteiger partial charge in [0.15, 0.2) is 6.29 Å². The molecule has 1 saturated carbocycles. The highest BCUT2D eigenvalue weighted by Gasteiger charge is 2.49. The molecule has 0 amide bonds. The lowest BCUT2D eigenvalue weighted by Crippen LogP contribution is -2.52. The van der Waals surface area contributed by atoms with Crippen LogP contribution in [0.4, 0.5) is 0 Å². The van der Waals surface area contributed by atoms with Crippen molar-refractivity contribution in [1.82, 2.24) is 0 Å². The van der Waals surface area contributed by atoms with Crippen molar-refractivity contribution in [1.29, 1.82) is 0 Å². The van der Waals surface area contributed by atoms with Crippen molar-refractivity contribution < 1.29 is 27.6 Å². The lowest BCUT2D eigenvalue weighted by Gasteiger charge is -2.46. The summed E-state index contributed by atoms with van der Waals surface area (Å²) in [6.45, 7) is 10.2. The number of hydrogen-bond donors (Lipinski definition) is 0. The Kier molecular flexibility index (Phi) is 7.43. The normalized spacial score (nSPS) is 47.1. The van der Waals surface area contributed by atoms with Gasteiger partial charge in [0.05, 0.1) is 24.4 Å². The van der Waals surface area contributed by atoms with Crippen molar-refractivity contribution in [3.05, 3.63) is 0 Å². The Labute approximate surface area is 164 Å². The van der Waals surface area contributed by atoms with E-state index in [-0.39, 0.29) is 36.3 Å². The van der Waals surface area contributed by atoms with Gasteiger partial charge >= 0.3 is 7.82 Å². The van der Waals surface area contributed by atoms with Gasteiger partial charge in [-0.15, -0.1) is 0 Å². The maximum atomic E-state index is 13.2. The molecular weight excluding hydrogens is 367 g/mol. The third-order valence-electron chi connectivity index (χ3n) is 6.33. The van der Waals surface area contributed by atoms with E-state index in [1.165, 1.54) is 19.3 Å². The molecule has 7 atom stereocenters. The summed E-state index contributed by atoms with van der Waals surface area (Å²) in [5.41, 5.74) is 0. The Morgan fingerprint density at radius 2 is 1.59 bits per heavy atom. The van der Waals surface area contributed by atoms with Gasteiger partial charge in [0, 0.05) is 6.42 Å². The molecule has 3 rings (SSSR count). The SMILES string of the molecule is CCC1OC(OC2CCCCC2)C(OP2(=O)O[C@@H](C)C[C@H](C)O2)C(C)C1C. The van der Waals surface area contributed by atoms with Crippen LogP contribution >= 0.6 is 7.82 Å². The van der Waals surface area contributed by atoms with Crippen LogP contribution in [-0.4, -0.2) is 36.8 Å². The maximum Gasteiger partial charge on any atom is 0.475 e. The predicted molar refractivity (Wildman–Crippen MR) is 103 cm³/mol. The highest BCUT2D eigenvalue weighted by molar-refractivity contribution is 7.48. The molecule has 1 aliphatic carbocycles. The fourth-order valence-electron chi connectivity index (χ4n) is 4.59. The van der Waals surface area contributed by atoms with Crippen LogP contribution in [0.2, 0.25) is 0 Å². The summed E-state index contributed by atoms with van der Waals surface area (Å²) in [5, 5.41) is 0. The lowest BCUT2D eigenvalue weighted by molar-refractivity contribution is -0.284. The van der Waals surface area contributed by atoms with Crippen molar-refractivity contribution in [2.45, 2.75) is 116 Å². The molecule has 27 heavy (non-hydrogen) atoms. The third-order valence-corrected chi connectivity index (χ3v) is 8.06. The van der Waals surface area contributed by atoms with Gasteiger partial charge in [0.25, 0.3) is 0 Å². The largest absolute Gasteiger partial charge is 0.475 e. The first-order chi connectivity index (χ1) is 12.8. The second kappa shape index (κ2) is 9.23. The van der Waals surface area contributed by atoms with E-state index in [1.54, 1.807) is 0 Å². The van der Waals surface area contributed by atoms with E-state index in [0.29, 0.717) is 6.42 Å². The minimum Gasteiger partial charge on any atom is -0.347 e. The van der Waals surface area contributed by atoms with Gasteiger partial charge in [0.1, 0.15) is 6.10 Å². The molecule has 0 aromatic rings. The standard InChI is InChI=1S/C20H37O6P/c1-6-18-15(4)16(5)19(20(23-18)22-17-10-8-7-9-11-17)26-27(21)24-13(2)12-14(3)25-27/h13-20H,6-12H2,1-5H3/t13-,14-,15?,16?,18?,19?,20?/m0/s1. The van der Waals surface area contributed by atoms with E-state index in [0.717, 1.165) is 19.3 Å². The van der Waals surface area contributed by atoms with Gasteiger partial charge in [-0.05, 0) is 44.9 Å². The van der Waals surface area contributed by atoms with E-state index in [2.05, 4.69) is 20.8 Å². The van der Waals surface area contributed by atoms with Gasteiger partial charge in [-0.25, -0.2) is 4.57 Å². The number of phosphoric acid groups is 1. The summed E-state index contributed by atoms with van der Waals surface area (Å²) >= 11 is 0. The van der Waals surface area contributed by atoms with E-state index < -0.39 is 20.2 Å². The first-order valence-corrected chi connectivity index (χ1v) is 12.2. The summed E-state index contributed by atoms with van der Waals surface area (Å²) in [5.74, 6) is 0.403. The molecule has 0 spiro atoms. The molecule has 0 aromatic heterocycles. The molecule has 3 fully saturated rings. The molecule has 2 heterocycles. The average Bonchev–Trinajstić information content (AvgIpc) is 2.61. The Balaban J connectivity index is 1.75. The summed E-state index contributed by atoms with van der Waals surface area (Å²) in [7, 11) is -3.64. The average molecular weight is 404 g/mol. The quantitative estimate of drug-likeness (QED) is 0.568. The van der Waals surface area contributed by atoms with Crippen LogP contribution in [0, 0.1) is 11.8 Å². The van der Waals surface area contributed by atoms with Gasteiger partial charge < -0.3 is 9.47 Å². The molecule has 0 aromatic carbocycles. The molecule has 0 N–H and O–H groups in total. The second-order valence-corrected chi connectivity index (χ2v) is 10.2. The molecule has 3 aliphatic rings. The lowest BCUT2D eigenvalue weighted by atomic mass is 9.82. The van der Waals surface area contributed by atoms with Crippen LogP contribution in [0.1, 0.15) is 79.6 Å². The fourth-order valence-corrected chi connectivity index (χ4v) is 6.38. The number of rotatable bonds is 5. The van der Waals surface area contributed by atoms with Crippen molar-refractivity contribution in [3.8, 4) is 0 Å². The molecule has 0 radical (unpaired) electrons. The van der Waals surface area contributed by atoms with E-state index >= 15 is 0 Å². The number of phosphoric ester groups is 1. The van der Waals surface area contributed by atoms with E-state index in [1.807, 2.05) is 13.8 Å². The van der Waals surface area contributed by atoms with Crippen LogP contribution in [0.5, 0.6) is 0 Å². The Bertz CT molecular complexity index is 509. The first-order valence-electron chi connectivity index (χ1n) is 10.8. The monoisotopic (exact) mass is 404 g/mol. The van der Waals surface area contributed by atoms with Crippen molar-refractivity contribution in [3.63, 3.8) is 0 Å². The predicted octanol–water partition coefficient (Wildman–Crippen LogP) is 5.45. The topological polar surface area (TPSA) is 63.2 Å². The number of hydrogen-bond acceptors (Lipinski definition) is 6. The second-order valence-electron chi connectivity index (χ2n) is 8.65. The zero-order chi connectivity index (χ0) is 19.6. The molecular formula is C20H37O6P. The van der Waals surface area contributed by atoms with Crippen LogP contribution < -0.4 is 0 Å². The molecule has 158 valence electrons. The van der Waals surface area contributed by atoms with Gasteiger partial charge in [-0.2, -0.15) is 0 Å². The summed E-state index contributed by atoms with van der Waals surface area (Å²) < 4.78 is 43.1. The van der Waals surface area contributed by atoms with Crippen LogP contribution in [-0.2, 0) is 27.6 Å². The molecule has 7 heteroatoms. The highest BCUT2D eigenvalue weighted by atomic mass is 31.2. The number of ether oxygens (including phenoxy) is 2. The molecule has 2 aliphatic heterocycles. The van der Waals surface area contributed by atoms with Crippen LogP contribution in [0.3, 0.4) is 0 Å².